The van der Waals surface area contributed by atoms with Crippen LogP contribution in [0.15, 0.2) is 24.8 Å². The zero-order valence-electron chi connectivity index (χ0n) is 8.05. The molecule has 72 valence electrons. The average molecular weight is 223 g/mol. The summed E-state index contributed by atoms with van der Waals surface area (Å²) in [7, 11) is 0. The van der Waals surface area contributed by atoms with Gasteiger partial charge in [-0.1, -0.05) is 0 Å². The molecular weight excluding hydrogens is 210 g/mol. The third-order valence-electron chi connectivity index (χ3n) is 2.56. The summed E-state index contributed by atoms with van der Waals surface area (Å²) in [6, 6.07) is 6.50. The number of rotatable bonds is 2. The van der Waals surface area contributed by atoms with E-state index in [0.717, 1.165) is 12.1 Å². The van der Waals surface area contributed by atoms with Crippen LogP contribution in [0, 0.1) is 0 Å². The molecule has 1 nitrogen and oxygen atoms in total. The molecule has 0 aliphatic carbocycles. The van der Waals surface area contributed by atoms with E-state index in [-0.39, 0.29) is 0 Å². The molecule has 1 aromatic carbocycles. The van der Waals surface area contributed by atoms with Gasteiger partial charge in [0.05, 0.1) is 0 Å². The molecule has 0 bridgehead atoms. The van der Waals surface area contributed by atoms with Gasteiger partial charge < -0.3 is 0 Å². The van der Waals surface area contributed by atoms with Crippen molar-refractivity contribution in [2.75, 3.05) is 11.9 Å². The number of fused-ring (bicyclic) bond motifs is 1. The summed E-state index contributed by atoms with van der Waals surface area (Å²) in [4.78, 5) is 1.93. The first-order valence-electron chi connectivity index (χ1n) is 4.82. The predicted molar refractivity (Wildman–Crippen MR) is 58.4 cm³/mol. The number of allylic oxidation sites excluding steroid dienone is 1. The Balaban J connectivity index is 2.38. The van der Waals surface area contributed by atoms with Crippen LogP contribution in [-0.4, -0.2) is 11.4 Å². The van der Waals surface area contributed by atoms with Crippen molar-refractivity contribution in [3.8, 4) is 0 Å². The average Bonchev–Trinajstić information content (AvgIpc) is 2.27. The molecule has 1 N–H and O–H groups in total. The van der Waals surface area contributed by atoms with E-state index >= 15 is 0 Å². The van der Waals surface area contributed by atoms with E-state index in [1.807, 2.05) is 4.88 Å². The van der Waals surface area contributed by atoms with Crippen LogP contribution >= 0.6 is 0 Å². The van der Waals surface area contributed by atoms with Crippen molar-refractivity contribution in [3.05, 3.63) is 35.9 Å². The fourth-order valence-corrected chi connectivity index (χ4v) is 1.96. The van der Waals surface area contributed by atoms with Crippen molar-refractivity contribution in [3.63, 3.8) is 0 Å². The van der Waals surface area contributed by atoms with Crippen molar-refractivity contribution in [1.29, 1.82) is 0 Å². The Labute approximate surface area is 92.8 Å². The number of nitrogens with one attached hydrogen (secondary N) is 1. The second-order valence-electron chi connectivity index (χ2n) is 3.55. The van der Waals surface area contributed by atoms with E-state index in [4.69, 9.17) is 0 Å². The van der Waals surface area contributed by atoms with Crippen LogP contribution in [0.4, 0.5) is 5.69 Å². The first-order valence-corrected chi connectivity index (χ1v) is 5.56. The zero-order chi connectivity index (χ0) is 9.97. The third kappa shape index (κ3) is 1.82. The van der Waals surface area contributed by atoms with Gasteiger partial charge in [-0.25, -0.2) is 0 Å². The maximum atomic E-state index is 3.99. The zero-order valence-corrected chi connectivity index (χ0v) is 9.32. The number of hydrogen-bond donors (Lipinski definition) is 1. The topological polar surface area (TPSA) is 12.0 Å². The predicted octanol–water partition coefficient (Wildman–Crippen LogP) is 2.41. The van der Waals surface area contributed by atoms with Crippen LogP contribution < -0.4 is 5.32 Å². The molecule has 0 amide bonds. The minimum atomic E-state index is 1.05. The van der Waals surface area contributed by atoms with E-state index in [2.05, 4.69) is 45.9 Å². The van der Waals surface area contributed by atoms with Crippen molar-refractivity contribution in [2.24, 2.45) is 0 Å². The number of benzene rings is 1. The molecule has 0 saturated carbocycles. The summed E-state index contributed by atoms with van der Waals surface area (Å²) in [6.45, 7) is 5.08. The molecule has 0 saturated heterocycles. The van der Waals surface area contributed by atoms with E-state index in [1.54, 1.807) is 0 Å². The van der Waals surface area contributed by atoms with Crippen molar-refractivity contribution in [1.82, 2.24) is 0 Å². The molecule has 0 fully saturated rings. The fourth-order valence-electron chi connectivity index (χ4n) is 1.74. The normalized spacial score (nSPS) is 14.0. The molecule has 2 heteroatoms. The van der Waals surface area contributed by atoms with E-state index in [1.165, 1.54) is 29.7 Å². The molecule has 2 rings (SSSR count). The van der Waals surface area contributed by atoms with Crippen molar-refractivity contribution < 1.29 is 15.9 Å². The standard InChI is InChI=1S/C12H13N.Cr/c1-9(2)10-5-6-12-11(8-10)4-3-7-13-12;/h1,5-6,8,13H,2-4,7H2;. The van der Waals surface area contributed by atoms with Crippen LogP contribution in [-0.2, 0) is 22.3 Å². The summed E-state index contributed by atoms with van der Waals surface area (Å²) in [5.41, 5.74) is 4.97. The first-order chi connectivity index (χ1) is 6.81. The molecule has 14 heavy (non-hydrogen) atoms. The molecular formula is C12H13CrN. The van der Waals surface area contributed by atoms with Gasteiger partial charge in [0.25, 0.3) is 0 Å². The monoisotopic (exact) mass is 223 g/mol. The Bertz CT molecular complexity index is 382. The van der Waals surface area contributed by atoms with Gasteiger partial charge >= 0.3 is 92.6 Å². The second kappa shape index (κ2) is 4.13. The van der Waals surface area contributed by atoms with Crippen LogP contribution in [0.5, 0.6) is 0 Å². The summed E-state index contributed by atoms with van der Waals surface area (Å²) >= 11 is 2.88. The Hall–Kier alpha value is -0.838. The molecule has 1 aliphatic rings. The molecule has 0 radical (unpaired) electrons. The quantitative estimate of drug-likeness (QED) is 0.811. The Kier molecular flexibility index (Phi) is 2.86. The molecule has 1 aromatic rings. The van der Waals surface area contributed by atoms with Gasteiger partial charge in [0.15, 0.2) is 0 Å². The Morgan fingerprint density at radius 3 is 3.14 bits per heavy atom. The minimum absolute atomic E-state index is 1.05. The molecule has 0 aromatic heterocycles. The summed E-state index contributed by atoms with van der Waals surface area (Å²) in [5, 5.41) is 3.40. The van der Waals surface area contributed by atoms with Gasteiger partial charge in [-0.15, -0.1) is 0 Å². The van der Waals surface area contributed by atoms with E-state index in [0.29, 0.717) is 0 Å². The van der Waals surface area contributed by atoms with Gasteiger partial charge in [-0.3, -0.25) is 0 Å². The van der Waals surface area contributed by atoms with Crippen LogP contribution in [0.2, 0.25) is 0 Å². The van der Waals surface area contributed by atoms with Gasteiger partial charge in [0, 0.05) is 0 Å². The fraction of sp³-hybridized carbons (Fsp3) is 0.250. The van der Waals surface area contributed by atoms with Gasteiger partial charge in [-0.2, -0.15) is 0 Å². The SMILES string of the molecule is C=C([CH]=[Cr])c1ccc2c(c1)CCCN2. The summed E-state index contributed by atoms with van der Waals surface area (Å²) in [5.74, 6) is 0. The Morgan fingerprint density at radius 1 is 1.50 bits per heavy atom. The van der Waals surface area contributed by atoms with Crippen molar-refractivity contribution >= 4 is 16.1 Å². The molecule has 1 aliphatic heterocycles. The molecule has 0 spiro atoms. The third-order valence-corrected chi connectivity index (χ3v) is 3.00. The van der Waals surface area contributed by atoms with Gasteiger partial charge in [-0.05, 0) is 0 Å². The molecule has 1 heterocycles. The van der Waals surface area contributed by atoms with Gasteiger partial charge in [0.2, 0.25) is 0 Å². The Morgan fingerprint density at radius 2 is 2.36 bits per heavy atom. The molecule has 0 unspecified atom stereocenters. The van der Waals surface area contributed by atoms with Crippen molar-refractivity contribution in [2.45, 2.75) is 12.8 Å². The van der Waals surface area contributed by atoms with E-state index < -0.39 is 0 Å². The summed E-state index contributed by atoms with van der Waals surface area (Å²) < 4.78 is 0. The molecule has 0 atom stereocenters. The van der Waals surface area contributed by atoms with E-state index in [9.17, 15) is 0 Å². The maximum absolute atomic E-state index is 3.99. The van der Waals surface area contributed by atoms with Crippen LogP contribution in [0.1, 0.15) is 17.5 Å². The number of hydrogen-bond acceptors (Lipinski definition) is 1. The van der Waals surface area contributed by atoms with Crippen LogP contribution in [0.25, 0.3) is 5.57 Å². The second-order valence-corrected chi connectivity index (χ2v) is 3.91. The number of anilines is 1. The number of aryl methyl sites for hydroxylation is 1. The van der Waals surface area contributed by atoms with Gasteiger partial charge in [0.1, 0.15) is 0 Å². The van der Waals surface area contributed by atoms with Crippen LogP contribution in [0.3, 0.4) is 0 Å². The first kappa shape index (κ1) is 9.71. The summed E-state index contributed by atoms with van der Waals surface area (Å²) in [6.07, 6.45) is 2.40.